The van der Waals surface area contributed by atoms with Crippen LogP contribution >= 0.6 is 11.8 Å². The number of unbranched alkanes of at least 4 members (excludes halogenated alkanes) is 2. The second-order valence-electron chi connectivity index (χ2n) is 4.30. The summed E-state index contributed by atoms with van der Waals surface area (Å²) in [5.41, 5.74) is 0.650. The molecule has 0 saturated heterocycles. The van der Waals surface area contributed by atoms with E-state index in [4.69, 9.17) is 0 Å². The molecule has 0 aliphatic rings. The van der Waals surface area contributed by atoms with Crippen LogP contribution in [0.15, 0.2) is 30.3 Å². The summed E-state index contributed by atoms with van der Waals surface area (Å²) in [6.07, 6.45) is 1.15. The van der Waals surface area contributed by atoms with Gasteiger partial charge in [0.1, 0.15) is 0 Å². The second-order valence-corrected chi connectivity index (χ2v) is 5.37. The van der Waals surface area contributed by atoms with Gasteiger partial charge in [0.05, 0.1) is 0 Å². The Morgan fingerprint density at radius 1 is 1.11 bits per heavy atom. The van der Waals surface area contributed by atoms with E-state index in [1.165, 1.54) is 11.8 Å². The molecule has 0 radical (unpaired) electrons. The number of rotatable bonds is 8. The van der Waals surface area contributed by atoms with Crippen molar-refractivity contribution in [3.8, 4) is 0 Å². The summed E-state index contributed by atoms with van der Waals surface area (Å²) >= 11 is 1.19. The zero-order chi connectivity index (χ0) is 14.1. The summed E-state index contributed by atoms with van der Waals surface area (Å²) < 4.78 is 37.0. The standard InChI is InChI=1S/C14H17F3OS/c15-11-14(16,17)9-5-2-6-10-19-13(18)12-7-3-1-4-8-12/h1,3-4,7-8H,2,5-6,9-11H2. The topological polar surface area (TPSA) is 17.1 Å². The van der Waals surface area contributed by atoms with Crippen molar-refractivity contribution < 1.29 is 18.0 Å². The Morgan fingerprint density at radius 2 is 1.79 bits per heavy atom. The number of carbonyl (C=O) groups excluding carboxylic acids is 1. The summed E-state index contributed by atoms with van der Waals surface area (Å²) in [5, 5.41) is -0.00492. The fourth-order valence-corrected chi connectivity index (χ4v) is 2.39. The maximum Gasteiger partial charge on any atom is 0.275 e. The fraction of sp³-hybridized carbons (Fsp3) is 0.500. The van der Waals surface area contributed by atoms with E-state index >= 15 is 0 Å². The minimum atomic E-state index is -3.19. The van der Waals surface area contributed by atoms with Crippen molar-refractivity contribution in [3.63, 3.8) is 0 Å². The first-order chi connectivity index (χ1) is 9.05. The molecule has 1 aromatic carbocycles. The number of alkyl halides is 3. The largest absolute Gasteiger partial charge is 0.282 e. The lowest BCUT2D eigenvalue weighted by Crippen LogP contribution is -2.18. The molecule has 0 spiro atoms. The Bertz CT molecular complexity index is 382. The predicted molar refractivity (Wildman–Crippen MR) is 72.6 cm³/mol. The van der Waals surface area contributed by atoms with Gasteiger partial charge in [-0.05, 0) is 12.8 Å². The number of benzene rings is 1. The quantitative estimate of drug-likeness (QED) is 0.644. The first-order valence-electron chi connectivity index (χ1n) is 6.21. The van der Waals surface area contributed by atoms with Gasteiger partial charge < -0.3 is 0 Å². The second kappa shape index (κ2) is 8.25. The van der Waals surface area contributed by atoms with Crippen molar-refractivity contribution in [1.29, 1.82) is 0 Å². The SMILES string of the molecule is O=C(SCCCCCC(F)(F)CF)c1ccccc1. The summed E-state index contributed by atoms with van der Waals surface area (Å²) in [6, 6.07) is 8.93. The Kier molecular flexibility index (Phi) is 6.99. The predicted octanol–water partition coefficient (Wildman–Crippen LogP) is 4.73. The van der Waals surface area contributed by atoms with Crippen LogP contribution in [0.2, 0.25) is 0 Å². The van der Waals surface area contributed by atoms with E-state index in [1.54, 1.807) is 24.3 Å². The van der Waals surface area contributed by atoms with Gasteiger partial charge in [-0.15, -0.1) is 0 Å². The van der Waals surface area contributed by atoms with Gasteiger partial charge >= 0.3 is 0 Å². The summed E-state index contributed by atoms with van der Waals surface area (Å²) in [6.45, 7) is -1.59. The van der Waals surface area contributed by atoms with E-state index in [2.05, 4.69) is 0 Å². The minimum Gasteiger partial charge on any atom is -0.282 e. The zero-order valence-electron chi connectivity index (χ0n) is 10.6. The van der Waals surface area contributed by atoms with Gasteiger partial charge in [0.25, 0.3) is 5.92 Å². The summed E-state index contributed by atoms with van der Waals surface area (Å²) in [5.74, 6) is -2.58. The molecular formula is C14H17F3OS. The Morgan fingerprint density at radius 3 is 2.42 bits per heavy atom. The molecule has 0 aromatic heterocycles. The Balaban J connectivity index is 2.10. The molecule has 0 amide bonds. The summed E-state index contributed by atoms with van der Waals surface area (Å²) in [7, 11) is 0. The van der Waals surface area contributed by atoms with E-state index < -0.39 is 19.0 Å². The van der Waals surface area contributed by atoms with Crippen molar-refractivity contribution in [3.05, 3.63) is 35.9 Å². The third kappa shape index (κ3) is 6.66. The average Bonchev–Trinajstić information content (AvgIpc) is 2.43. The van der Waals surface area contributed by atoms with Gasteiger partial charge in [0.15, 0.2) is 6.67 Å². The molecule has 0 aliphatic heterocycles. The van der Waals surface area contributed by atoms with Gasteiger partial charge in [-0.2, -0.15) is 0 Å². The zero-order valence-corrected chi connectivity index (χ0v) is 11.4. The number of halogens is 3. The first kappa shape index (κ1) is 16.1. The highest BCUT2D eigenvalue weighted by atomic mass is 32.2. The number of hydrogen-bond donors (Lipinski definition) is 0. The average molecular weight is 290 g/mol. The van der Waals surface area contributed by atoms with Gasteiger partial charge in [-0.3, -0.25) is 4.79 Å². The lowest BCUT2D eigenvalue weighted by Gasteiger charge is -2.10. The Labute approximate surface area is 115 Å². The van der Waals surface area contributed by atoms with Crippen LogP contribution in [-0.2, 0) is 0 Å². The van der Waals surface area contributed by atoms with Crippen molar-refractivity contribution in [2.75, 3.05) is 12.4 Å². The normalized spacial score (nSPS) is 11.5. The molecule has 0 heterocycles. The van der Waals surface area contributed by atoms with Crippen LogP contribution in [0.4, 0.5) is 13.2 Å². The monoisotopic (exact) mass is 290 g/mol. The fourth-order valence-electron chi connectivity index (χ4n) is 1.55. The van der Waals surface area contributed by atoms with E-state index in [1.807, 2.05) is 6.07 Å². The lowest BCUT2D eigenvalue weighted by molar-refractivity contribution is -0.0319. The van der Waals surface area contributed by atoms with E-state index in [9.17, 15) is 18.0 Å². The van der Waals surface area contributed by atoms with Crippen LogP contribution in [0.3, 0.4) is 0 Å². The highest BCUT2D eigenvalue weighted by molar-refractivity contribution is 8.14. The maximum atomic E-state index is 12.6. The van der Waals surface area contributed by atoms with Crippen LogP contribution in [0.1, 0.15) is 36.0 Å². The minimum absolute atomic E-state index is 0.00492. The van der Waals surface area contributed by atoms with Crippen molar-refractivity contribution in [2.24, 2.45) is 0 Å². The molecule has 19 heavy (non-hydrogen) atoms. The molecule has 0 saturated carbocycles. The molecule has 0 bridgehead atoms. The molecule has 0 unspecified atom stereocenters. The van der Waals surface area contributed by atoms with Gasteiger partial charge in [0, 0.05) is 17.7 Å². The van der Waals surface area contributed by atoms with E-state index in [0.717, 1.165) is 0 Å². The van der Waals surface area contributed by atoms with Gasteiger partial charge in [-0.1, -0.05) is 48.5 Å². The van der Waals surface area contributed by atoms with E-state index in [-0.39, 0.29) is 11.5 Å². The highest BCUT2D eigenvalue weighted by Crippen LogP contribution is 2.22. The van der Waals surface area contributed by atoms with Gasteiger partial charge in [-0.25, -0.2) is 13.2 Å². The lowest BCUT2D eigenvalue weighted by atomic mass is 10.1. The van der Waals surface area contributed by atoms with Crippen LogP contribution in [0.25, 0.3) is 0 Å². The first-order valence-corrected chi connectivity index (χ1v) is 7.20. The molecule has 0 aliphatic carbocycles. The van der Waals surface area contributed by atoms with Crippen LogP contribution < -0.4 is 0 Å². The third-order valence-corrected chi connectivity index (χ3v) is 3.62. The smallest absolute Gasteiger partial charge is 0.275 e. The van der Waals surface area contributed by atoms with Gasteiger partial charge in [0.2, 0.25) is 5.12 Å². The maximum absolute atomic E-state index is 12.6. The van der Waals surface area contributed by atoms with E-state index in [0.29, 0.717) is 24.2 Å². The van der Waals surface area contributed by atoms with Crippen LogP contribution in [0, 0.1) is 0 Å². The number of hydrogen-bond acceptors (Lipinski definition) is 2. The van der Waals surface area contributed by atoms with Crippen molar-refractivity contribution in [2.45, 2.75) is 31.6 Å². The molecule has 1 rings (SSSR count). The van der Waals surface area contributed by atoms with Crippen molar-refractivity contribution in [1.82, 2.24) is 0 Å². The molecule has 1 aromatic rings. The third-order valence-electron chi connectivity index (χ3n) is 2.63. The number of thioether (sulfide) groups is 1. The molecule has 0 fully saturated rings. The Hall–Kier alpha value is -0.970. The molecule has 106 valence electrons. The molecule has 0 N–H and O–H groups in total. The van der Waals surface area contributed by atoms with Crippen molar-refractivity contribution >= 4 is 16.9 Å². The summed E-state index contributed by atoms with van der Waals surface area (Å²) in [4.78, 5) is 11.7. The molecule has 1 nitrogen and oxygen atoms in total. The molecule has 5 heteroatoms. The molecule has 0 atom stereocenters. The molecular weight excluding hydrogens is 273 g/mol. The number of carbonyl (C=O) groups is 1. The van der Waals surface area contributed by atoms with Crippen LogP contribution in [0.5, 0.6) is 0 Å². The van der Waals surface area contributed by atoms with Crippen LogP contribution in [-0.4, -0.2) is 23.5 Å². The highest BCUT2D eigenvalue weighted by Gasteiger charge is 2.27.